The maximum absolute atomic E-state index is 3.83. The zero-order valence-corrected chi connectivity index (χ0v) is 13.2. The van der Waals surface area contributed by atoms with Crippen LogP contribution in [0.25, 0.3) is 0 Å². The summed E-state index contributed by atoms with van der Waals surface area (Å²) in [6.07, 6.45) is 6.97. The monoisotopic (exact) mass is 267 g/mol. The van der Waals surface area contributed by atoms with Crippen molar-refractivity contribution in [1.82, 2.24) is 15.1 Å². The first kappa shape index (κ1) is 15.3. The molecule has 19 heavy (non-hydrogen) atoms. The lowest BCUT2D eigenvalue weighted by Crippen LogP contribution is -2.49. The van der Waals surface area contributed by atoms with E-state index < -0.39 is 0 Å². The summed E-state index contributed by atoms with van der Waals surface area (Å²) in [7, 11) is 2.29. The van der Waals surface area contributed by atoms with Crippen LogP contribution < -0.4 is 5.32 Å². The lowest BCUT2D eigenvalue weighted by atomic mass is 9.91. The van der Waals surface area contributed by atoms with E-state index in [1.807, 2.05) is 0 Å². The summed E-state index contributed by atoms with van der Waals surface area (Å²) in [5.41, 5.74) is 0. The van der Waals surface area contributed by atoms with Crippen LogP contribution in [0.1, 0.15) is 46.0 Å². The Morgan fingerprint density at radius 2 is 2.00 bits per heavy atom. The summed E-state index contributed by atoms with van der Waals surface area (Å²) in [6.45, 7) is 11.0. The fraction of sp³-hybridized carbons (Fsp3) is 1.00. The van der Waals surface area contributed by atoms with E-state index in [1.54, 1.807) is 0 Å². The van der Waals surface area contributed by atoms with E-state index in [4.69, 9.17) is 0 Å². The number of hydrogen-bond donors (Lipinski definition) is 1. The van der Waals surface area contributed by atoms with Crippen molar-refractivity contribution in [1.29, 1.82) is 0 Å². The van der Waals surface area contributed by atoms with E-state index in [1.165, 1.54) is 64.8 Å². The molecule has 0 saturated carbocycles. The zero-order chi connectivity index (χ0) is 13.7. The Hall–Kier alpha value is -0.120. The maximum Gasteiger partial charge on any atom is 0.0217 e. The average Bonchev–Trinajstić information content (AvgIpc) is 2.46. The molecule has 0 aromatic carbocycles. The molecule has 1 N–H and O–H groups in total. The van der Waals surface area contributed by atoms with Gasteiger partial charge < -0.3 is 15.1 Å². The Morgan fingerprint density at radius 1 is 1.16 bits per heavy atom. The molecule has 0 aliphatic carbocycles. The molecule has 2 saturated heterocycles. The van der Waals surface area contributed by atoms with Crippen LogP contribution in [0.5, 0.6) is 0 Å². The van der Waals surface area contributed by atoms with Gasteiger partial charge in [-0.25, -0.2) is 0 Å². The topological polar surface area (TPSA) is 18.5 Å². The van der Waals surface area contributed by atoms with E-state index in [0.29, 0.717) is 6.04 Å². The standard InChI is InChI=1S/C16H33N3/c1-4-19-11-7-8-15(13-19)14(2)17-12-16-9-5-6-10-18(16)3/h14-17H,4-13H2,1-3H3. The van der Waals surface area contributed by atoms with Crippen molar-refractivity contribution < 1.29 is 0 Å². The van der Waals surface area contributed by atoms with Crippen LogP contribution in [0.2, 0.25) is 0 Å². The summed E-state index contributed by atoms with van der Waals surface area (Å²) < 4.78 is 0. The molecular formula is C16H33N3. The molecule has 3 nitrogen and oxygen atoms in total. The Bertz CT molecular complexity index is 256. The first-order valence-corrected chi connectivity index (χ1v) is 8.36. The Labute approximate surface area is 119 Å². The molecule has 0 bridgehead atoms. The van der Waals surface area contributed by atoms with E-state index in [-0.39, 0.29) is 0 Å². The molecule has 3 heteroatoms. The highest BCUT2D eigenvalue weighted by molar-refractivity contribution is 4.83. The molecule has 0 radical (unpaired) electrons. The predicted octanol–water partition coefficient (Wildman–Crippen LogP) is 2.18. The molecule has 0 aromatic rings. The minimum Gasteiger partial charge on any atom is -0.312 e. The third-order valence-corrected chi connectivity index (χ3v) is 5.29. The highest BCUT2D eigenvalue weighted by Crippen LogP contribution is 2.20. The van der Waals surface area contributed by atoms with Crippen molar-refractivity contribution >= 4 is 0 Å². The normalized spacial score (nSPS) is 32.4. The lowest BCUT2D eigenvalue weighted by Gasteiger charge is -2.38. The van der Waals surface area contributed by atoms with Crippen molar-refractivity contribution in [3.63, 3.8) is 0 Å². The molecular weight excluding hydrogens is 234 g/mol. The minimum absolute atomic E-state index is 0.671. The van der Waals surface area contributed by atoms with Gasteiger partial charge in [0.25, 0.3) is 0 Å². The van der Waals surface area contributed by atoms with E-state index in [0.717, 1.165) is 12.0 Å². The van der Waals surface area contributed by atoms with Crippen LogP contribution in [0.15, 0.2) is 0 Å². The van der Waals surface area contributed by atoms with Gasteiger partial charge in [-0.2, -0.15) is 0 Å². The number of rotatable bonds is 5. The maximum atomic E-state index is 3.83. The van der Waals surface area contributed by atoms with Gasteiger partial charge >= 0.3 is 0 Å². The summed E-state index contributed by atoms with van der Waals surface area (Å²) >= 11 is 0. The summed E-state index contributed by atoms with van der Waals surface area (Å²) in [5, 5.41) is 3.83. The van der Waals surface area contributed by atoms with Crippen LogP contribution >= 0.6 is 0 Å². The molecule has 112 valence electrons. The average molecular weight is 267 g/mol. The number of nitrogens with zero attached hydrogens (tertiary/aromatic N) is 2. The molecule has 3 atom stereocenters. The highest BCUT2D eigenvalue weighted by Gasteiger charge is 2.25. The smallest absolute Gasteiger partial charge is 0.0217 e. The Kier molecular flexibility index (Phi) is 6.11. The van der Waals surface area contributed by atoms with Crippen LogP contribution in [0.3, 0.4) is 0 Å². The number of likely N-dealkylation sites (tertiary alicyclic amines) is 2. The molecule has 0 amide bonds. The highest BCUT2D eigenvalue weighted by atomic mass is 15.2. The number of hydrogen-bond acceptors (Lipinski definition) is 3. The fourth-order valence-corrected chi connectivity index (χ4v) is 3.68. The SMILES string of the molecule is CCN1CCCC(C(C)NCC2CCCCN2C)C1. The first-order chi connectivity index (χ1) is 9.20. The molecule has 0 aromatic heterocycles. The zero-order valence-electron chi connectivity index (χ0n) is 13.2. The van der Waals surface area contributed by atoms with Gasteiger partial charge in [0.15, 0.2) is 0 Å². The van der Waals surface area contributed by atoms with Crippen LogP contribution in [-0.2, 0) is 0 Å². The van der Waals surface area contributed by atoms with Gasteiger partial charge in [0.2, 0.25) is 0 Å². The van der Waals surface area contributed by atoms with Crippen molar-refractivity contribution in [2.24, 2.45) is 5.92 Å². The third kappa shape index (κ3) is 4.44. The summed E-state index contributed by atoms with van der Waals surface area (Å²) in [6, 6.07) is 1.44. The summed E-state index contributed by atoms with van der Waals surface area (Å²) in [4.78, 5) is 5.15. The van der Waals surface area contributed by atoms with Gasteiger partial charge in [-0.3, -0.25) is 0 Å². The van der Waals surface area contributed by atoms with Crippen LogP contribution in [0, 0.1) is 5.92 Å². The van der Waals surface area contributed by atoms with E-state index >= 15 is 0 Å². The molecule has 2 fully saturated rings. The van der Waals surface area contributed by atoms with Crippen molar-refractivity contribution in [2.45, 2.75) is 58.0 Å². The first-order valence-electron chi connectivity index (χ1n) is 8.36. The van der Waals surface area contributed by atoms with Gasteiger partial charge in [0, 0.05) is 25.2 Å². The number of likely N-dealkylation sites (N-methyl/N-ethyl adjacent to an activating group) is 1. The molecule has 2 aliphatic rings. The predicted molar refractivity (Wildman–Crippen MR) is 82.6 cm³/mol. The van der Waals surface area contributed by atoms with Crippen LogP contribution in [0.4, 0.5) is 0 Å². The fourth-order valence-electron chi connectivity index (χ4n) is 3.68. The van der Waals surface area contributed by atoms with Gasteiger partial charge in [-0.1, -0.05) is 13.3 Å². The van der Waals surface area contributed by atoms with Gasteiger partial charge in [0.05, 0.1) is 0 Å². The third-order valence-electron chi connectivity index (χ3n) is 5.29. The molecule has 0 spiro atoms. The van der Waals surface area contributed by atoms with Crippen LogP contribution in [-0.4, -0.2) is 61.7 Å². The second-order valence-corrected chi connectivity index (χ2v) is 6.62. The molecule has 2 aliphatic heterocycles. The van der Waals surface area contributed by atoms with E-state index in [2.05, 4.69) is 36.0 Å². The van der Waals surface area contributed by atoms with Crippen molar-refractivity contribution in [3.05, 3.63) is 0 Å². The lowest BCUT2D eigenvalue weighted by molar-refractivity contribution is 0.141. The Balaban J connectivity index is 1.72. The molecule has 2 rings (SSSR count). The minimum atomic E-state index is 0.671. The number of piperidine rings is 2. The van der Waals surface area contributed by atoms with Crippen molar-refractivity contribution in [2.75, 3.05) is 39.8 Å². The second-order valence-electron chi connectivity index (χ2n) is 6.62. The quantitative estimate of drug-likeness (QED) is 0.824. The molecule has 2 heterocycles. The molecule has 3 unspecified atom stereocenters. The summed E-state index contributed by atoms with van der Waals surface area (Å²) in [5.74, 6) is 0.850. The number of nitrogens with one attached hydrogen (secondary N) is 1. The van der Waals surface area contributed by atoms with Gasteiger partial charge in [-0.05, 0) is 65.2 Å². The second kappa shape index (κ2) is 7.61. The van der Waals surface area contributed by atoms with Gasteiger partial charge in [-0.15, -0.1) is 0 Å². The van der Waals surface area contributed by atoms with E-state index in [9.17, 15) is 0 Å². The van der Waals surface area contributed by atoms with Gasteiger partial charge in [0.1, 0.15) is 0 Å². The largest absolute Gasteiger partial charge is 0.312 e. The van der Waals surface area contributed by atoms with Crippen molar-refractivity contribution in [3.8, 4) is 0 Å². The Morgan fingerprint density at radius 3 is 2.74 bits per heavy atom.